The number of hydrogen-bond donors (Lipinski definition) is 2. The highest BCUT2D eigenvalue weighted by Crippen LogP contribution is 2.10. The van der Waals surface area contributed by atoms with E-state index in [9.17, 15) is 0 Å². The van der Waals surface area contributed by atoms with Gasteiger partial charge < -0.3 is 15.4 Å². The predicted octanol–water partition coefficient (Wildman–Crippen LogP) is 3.71. The van der Waals surface area contributed by atoms with Crippen molar-refractivity contribution in [2.75, 3.05) is 46.9 Å². The van der Waals surface area contributed by atoms with Crippen molar-refractivity contribution in [2.24, 2.45) is 4.99 Å². The summed E-state index contributed by atoms with van der Waals surface area (Å²) in [6, 6.07) is 20.0. The van der Waals surface area contributed by atoms with Crippen LogP contribution in [0.5, 0.6) is 0 Å². The van der Waals surface area contributed by atoms with Crippen LogP contribution >= 0.6 is 24.0 Å². The quantitative estimate of drug-likeness (QED) is 0.262. The van der Waals surface area contributed by atoms with Crippen molar-refractivity contribution in [3.8, 4) is 0 Å². The first-order valence-corrected chi connectivity index (χ1v) is 11.7. The zero-order valence-corrected chi connectivity index (χ0v) is 22.6. The summed E-state index contributed by atoms with van der Waals surface area (Å²) in [5.41, 5.74) is 3.96. The third-order valence-electron chi connectivity index (χ3n) is 6.10. The molecule has 182 valence electrons. The monoisotopic (exact) mass is 565 g/mol. The van der Waals surface area contributed by atoms with Crippen molar-refractivity contribution in [1.29, 1.82) is 0 Å². The van der Waals surface area contributed by atoms with Gasteiger partial charge in [0.25, 0.3) is 0 Å². The molecule has 1 heterocycles. The largest absolute Gasteiger partial charge is 0.379 e. The van der Waals surface area contributed by atoms with Crippen LogP contribution in [0.15, 0.2) is 59.6 Å². The lowest BCUT2D eigenvalue weighted by molar-refractivity contribution is 0.0342. The van der Waals surface area contributed by atoms with Crippen LogP contribution in [0.1, 0.15) is 30.0 Å². The number of guanidine groups is 1. The molecule has 1 unspecified atom stereocenters. The van der Waals surface area contributed by atoms with E-state index in [1.54, 1.807) is 0 Å². The average molecular weight is 566 g/mol. The average Bonchev–Trinajstić information content (AvgIpc) is 2.83. The highest BCUT2D eigenvalue weighted by atomic mass is 127. The SMILES string of the molecule is CN=C(NCCC(C)N(C)Cc1ccccc1)NCc1ccc(CN2CCOCC2)cc1.I. The minimum atomic E-state index is 0. The van der Waals surface area contributed by atoms with Crippen LogP contribution in [0, 0.1) is 0 Å². The molecule has 7 heteroatoms. The van der Waals surface area contributed by atoms with E-state index in [4.69, 9.17) is 4.74 Å². The fourth-order valence-electron chi connectivity index (χ4n) is 3.83. The highest BCUT2D eigenvalue weighted by Gasteiger charge is 2.11. The van der Waals surface area contributed by atoms with Crippen molar-refractivity contribution in [2.45, 2.75) is 39.0 Å². The summed E-state index contributed by atoms with van der Waals surface area (Å²) in [6.45, 7) is 9.62. The van der Waals surface area contributed by atoms with Crippen molar-refractivity contribution in [3.05, 3.63) is 71.3 Å². The number of morpholine rings is 1. The van der Waals surface area contributed by atoms with E-state index in [1.807, 2.05) is 7.05 Å². The van der Waals surface area contributed by atoms with Crippen LogP contribution in [0.4, 0.5) is 0 Å². The molecule has 1 aliphatic heterocycles. The van der Waals surface area contributed by atoms with Crippen LogP contribution in [0.2, 0.25) is 0 Å². The second-order valence-corrected chi connectivity index (χ2v) is 8.60. The Hall–Kier alpha value is -1.68. The molecule has 0 aliphatic carbocycles. The lowest BCUT2D eigenvalue weighted by Crippen LogP contribution is -2.39. The second-order valence-electron chi connectivity index (χ2n) is 8.60. The van der Waals surface area contributed by atoms with Gasteiger partial charge in [-0.1, -0.05) is 54.6 Å². The first-order chi connectivity index (χ1) is 15.6. The smallest absolute Gasteiger partial charge is 0.191 e. The lowest BCUT2D eigenvalue weighted by atomic mass is 10.1. The van der Waals surface area contributed by atoms with Gasteiger partial charge in [0.15, 0.2) is 5.96 Å². The summed E-state index contributed by atoms with van der Waals surface area (Å²) in [5, 5.41) is 6.88. The Balaban J connectivity index is 0.00000385. The fourth-order valence-corrected chi connectivity index (χ4v) is 3.83. The van der Waals surface area contributed by atoms with Gasteiger partial charge in [0.05, 0.1) is 13.2 Å². The molecular weight excluding hydrogens is 525 g/mol. The second kappa shape index (κ2) is 15.3. The van der Waals surface area contributed by atoms with Crippen LogP contribution in [0.25, 0.3) is 0 Å². The zero-order valence-electron chi connectivity index (χ0n) is 20.3. The Bertz CT molecular complexity index is 809. The first-order valence-electron chi connectivity index (χ1n) is 11.7. The maximum Gasteiger partial charge on any atom is 0.191 e. The van der Waals surface area contributed by atoms with Gasteiger partial charge in [-0.2, -0.15) is 0 Å². The Kier molecular flexibility index (Phi) is 12.8. The summed E-state index contributed by atoms with van der Waals surface area (Å²) in [5.74, 6) is 0.848. The molecule has 0 aromatic heterocycles. The number of hydrogen-bond acceptors (Lipinski definition) is 4. The van der Waals surface area contributed by atoms with E-state index < -0.39 is 0 Å². The van der Waals surface area contributed by atoms with E-state index >= 15 is 0 Å². The predicted molar refractivity (Wildman–Crippen MR) is 148 cm³/mol. The molecule has 1 fully saturated rings. The van der Waals surface area contributed by atoms with Crippen LogP contribution < -0.4 is 10.6 Å². The van der Waals surface area contributed by atoms with Gasteiger partial charge in [0.2, 0.25) is 0 Å². The van der Waals surface area contributed by atoms with Crippen LogP contribution in [-0.2, 0) is 24.4 Å². The van der Waals surface area contributed by atoms with Crippen molar-refractivity contribution in [3.63, 3.8) is 0 Å². The van der Waals surface area contributed by atoms with Crippen LogP contribution in [0.3, 0.4) is 0 Å². The fraction of sp³-hybridized carbons (Fsp3) is 0.500. The van der Waals surface area contributed by atoms with E-state index in [2.05, 4.69) is 94.0 Å². The minimum absolute atomic E-state index is 0. The van der Waals surface area contributed by atoms with Gasteiger partial charge in [0, 0.05) is 52.4 Å². The molecule has 3 rings (SSSR count). The van der Waals surface area contributed by atoms with Gasteiger partial charge in [-0.05, 0) is 37.1 Å². The molecule has 2 aromatic carbocycles. The maximum atomic E-state index is 5.43. The van der Waals surface area contributed by atoms with E-state index in [0.29, 0.717) is 6.04 Å². The molecule has 1 aliphatic rings. The van der Waals surface area contributed by atoms with E-state index in [1.165, 1.54) is 16.7 Å². The maximum absolute atomic E-state index is 5.43. The number of nitrogens with one attached hydrogen (secondary N) is 2. The number of ether oxygens (including phenoxy) is 1. The third-order valence-corrected chi connectivity index (χ3v) is 6.10. The molecule has 1 atom stereocenters. The number of halogens is 1. The van der Waals surface area contributed by atoms with Crippen molar-refractivity contribution in [1.82, 2.24) is 20.4 Å². The molecule has 1 saturated heterocycles. The normalized spacial score (nSPS) is 15.7. The molecular formula is C26H40IN5O. The number of benzene rings is 2. The molecule has 0 saturated carbocycles. The highest BCUT2D eigenvalue weighted by molar-refractivity contribution is 14.0. The topological polar surface area (TPSA) is 52.1 Å². The van der Waals surface area contributed by atoms with Crippen molar-refractivity contribution < 1.29 is 4.74 Å². The molecule has 2 N–H and O–H groups in total. The Labute approximate surface area is 216 Å². The summed E-state index contributed by atoms with van der Waals surface area (Å²) in [6.07, 6.45) is 1.06. The summed E-state index contributed by atoms with van der Waals surface area (Å²) in [7, 11) is 4.01. The number of aliphatic imine (C=N–C) groups is 1. The molecule has 0 bridgehead atoms. The van der Waals surface area contributed by atoms with Gasteiger partial charge in [0.1, 0.15) is 0 Å². The first kappa shape index (κ1) is 27.6. The summed E-state index contributed by atoms with van der Waals surface area (Å²) >= 11 is 0. The Morgan fingerprint density at radius 3 is 2.33 bits per heavy atom. The number of nitrogens with zero attached hydrogens (tertiary/aromatic N) is 3. The van der Waals surface area contributed by atoms with Crippen LogP contribution in [-0.4, -0.2) is 68.7 Å². The summed E-state index contributed by atoms with van der Waals surface area (Å²) in [4.78, 5) is 9.21. The summed E-state index contributed by atoms with van der Waals surface area (Å²) < 4.78 is 5.43. The third kappa shape index (κ3) is 10.00. The molecule has 33 heavy (non-hydrogen) atoms. The number of rotatable bonds is 10. The molecule has 6 nitrogen and oxygen atoms in total. The standard InChI is InChI=1S/C26H39N5O.HI/c1-22(30(3)20-24-7-5-4-6-8-24)13-14-28-26(27-2)29-19-23-9-11-25(12-10-23)21-31-15-17-32-18-16-31;/h4-12,22H,13-21H2,1-3H3,(H2,27,28,29);1H. The Morgan fingerprint density at radius 1 is 1.00 bits per heavy atom. The van der Waals surface area contributed by atoms with E-state index in [0.717, 1.165) is 64.9 Å². The van der Waals surface area contributed by atoms with E-state index in [-0.39, 0.29) is 24.0 Å². The van der Waals surface area contributed by atoms with Gasteiger partial charge in [-0.15, -0.1) is 24.0 Å². The van der Waals surface area contributed by atoms with Gasteiger partial charge >= 0.3 is 0 Å². The van der Waals surface area contributed by atoms with Crippen molar-refractivity contribution >= 4 is 29.9 Å². The molecule has 0 spiro atoms. The zero-order chi connectivity index (χ0) is 22.6. The lowest BCUT2D eigenvalue weighted by Gasteiger charge is -2.26. The van der Waals surface area contributed by atoms with Gasteiger partial charge in [-0.25, -0.2) is 0 Å². The molecule has 0 amide bonds. The van der Waals surface area contributed by atoms with Gasteiger partial charge in [-0.3, -0.25) is 14.8 Å². The molecule has 2 aromatic rings. The minimum Gasteiger partial charge on any atom is -0.379 e. The molecule has 0 radical (unpaired) electrons. The Morgan fingerprint density at radius 2 is 1.67 bits per heavy atom.